The van der Waals surface area contributed by atoms with Gasteiger partial charge in [0.05, 0.1) is 6.04 Å². The Morgan fingerprint density at radius 2 is 1.91 bits per heavy atom. The first-order chi connectivity index (χ1) is 16.0. The third-order valence-corrected chi connectivity index (χ3v) is 6.05. The molecule has 33 heavy (non-hydrogen) atoms. The number of nitrogens with one attached hydrogen (secondary N) is 2. The molecule has 2 atom stereocenters. The number of ether oxygens (including phenoxy) is 1. The molecule has 2 unspecified atom stereocenters. The van der Waals surface area contributed by atoms with Gasteiger partial charge in [-0.3, -0.25) is 9.59 Å². The van der Waals surface area contributed by atoms with Crippen molar-refractivity contribution in [3.05, 3.63) is 70.8 Å². The molecule has 0 spiro atoms. The first-order valence-corrected chi connectivity index (χ1v) is 11.5. The van der Waals surface area contributed by atoms with E-state index in [0.717, 1.165) is 48.9 Å². The number of carbonyl (C=O) groups excluding carboxylic acids is 2. The summed E-state index contributed by atoms with van der Waals surface area (Å²) in [5.74, 6) is -0.393. The smallest absolute Gasteiger partial charge is 0.267 e. The van der Waals surface area contributed by atoms with E-state index in [-0.39, 0.29) is 24.1 Å². The van der Waals surface area contributed by atoms with Gasteiger partial charge in [0.2, 0.25) is 0 Å². The lowest BCUT2D eigenvalue weighted by atomic mass is 10.0. The van der Waals surface area contributed by atoms with Crippen LogP contribution >= 0.6 is 0 Å². The molecule has 7 heteroatoms. The highest BCUT2D eigenvalue weighted by molar-refractivity contribution is 5.95. The summed E-state index contributed by atoms with van der Waals surface area (Å²) in [7, 11) is 3.95. The molecule has 0 aromatic heterocycles. The molecule has 1 heterocycles. The normalized spacial score (nSPS) is 19.8. The van der Waals surface area contributed by atoms with Crippen molar-refractivity contribution in [1.29, 1.82) is 0 Å². The van der Waals surface area contributed by atoms with Crippen molar-refractivity contribution in [3.8, 4) is 0 Å². The fraction of sp³-hybridized carbons (Fsp3) is 0.385. The number of nitrogens with zero attached hydrogens (tertiary/aromatic N) is 1. The molecular weight excluding hydrogens is 418 g/mol. The van der Waals surface area contributed by atoms with Crippen molar-refractivity contribution in [2.75, 3.05) is 25.6 Å². The summed E-state index contributed by atoms with van der Waals surface area (Å²) < 4.78 is 5.43. The van der Waals surface area contributed by atoms with Gasteiger partial charge in [0.15, 0.2) is 6.29 Å². The molecule has 2 amide bonds. The SMILES string of the molecule is CN(C)c1ccc(C(=O)NC2CCc3cc(/C=C/C(=O)NOC4CCCCO4)ccc32)cc1. The maximum atomic E-state index is 12.7. The van der Waals surface area contributed by atoms with E-state index in [4.69, 9.17) is 9.57 Å². The summed E-state index contributed by atoms with van der Waals surface area (Å²) in [6.45, 7) is 0.662. The average Bonchev–Trinajstić information content (AvgIpc) is 3.24. The Bertz CT molecular complexity index is 1010. The zero-order chi connectivity index (χ0) is 23.2. The molecule has 7 nitrogen and oxygen atoms in total. The number of rotatable bonds is 7. The molecule has 1 aliphatic carbocycles. The van der Waals surface area contributed by atoms with Crippen molar-refractivity contribution >= 4 is 23.6 Å². The largest absolute Gasteiger partial charge is 0.378 e. The Balaban J connectivity index is 1.32. The molecule has 0 radical (unpaired) electrons. The highest BCUT2D eigenvalue weighted by Gasteiger charge is 2.24. The maximum Gasteiger partial charge on any atom is 0.267 e. The van der Waals surface area contributed by atoms with E-state index in [1.54, 1.807) is 6.08 Å². The first kappa shape index (κ1) is 23.0. The molecule has 2 aliphatic rings. The molecule has 1 aliphatic heterocycles. The van der Waals surface area contributed by atoms with Crippen LogP contribution in [0.2, 0.25) is 0 Å². The van der Waals surface area contributed by atoms with Gasteiger partial charge < -0.3 is 15.0 Å². The number of hydroxylamine groups is 1. The standard InChI is InChI=1S/C26H31N3O4/c1-29(2)21-11-8-19(9-12-21)26(31)27-23-14-10-20-17-18(6-13-22(20)23)7-15-24(30)28-33-25-5-3-4-16-32-25/h6-9,11-13,15,17,23,25H,3-5,10,14,16H2,1-2H3,(H,27,31)(H,28,30)/b15-7+. The number of aryl methyl sites for hydroxylation is 1. The Kier molecular flexibility index (Phi) is 7.42. The van der Waals surface area contributed by atoms with E-state index in [2.05, 4.69) is 16.9 Å². The fourth-order valence-electron chi connectivity index (χ4n) is 4.18. The van der Waals surface area contributed by atoms with Crippen LogP contribution in [0, 0.1) is 0 Å². The van der Waals surface area contributed by atoms with Crippen LogP contribution in [0.1, 0.15) is 58.8 Å². The third kappa shape index (κ3) is 6.00. The van der Waals surface area contributed by atoms with E-state index >= 15 is 0 Å². The van der Waals surface area contributed by atoms with E-state index in [0.29, 0.717) is 12.2 Å². The molecule has 1 fully saturated rings. The van der Waals surface area contributed by atoms with Gasteiger partial charge in [-0.05, 0) is 72.7 Å². The second kappa shape index (κ2) is 10.6. The number of benzene rings is 2. The number of fused-ring (bicyclic) bond motifs is 1. The summed E-state index contributed by atoms with van der Waals surface area (Å²) >= 11 is 0. The second-order valence-electron chi connectivity index (χ2n) is 8.68. The summed E-state index contributed by atoms with van der Waals surface area (Å²) in [5, 5.41) is 3.15. The Morgan fingerprint density at radius 3 is 2.64 bits per heavy atom. The van der Waals surface area contributed by atoms with Crippen LogP contribution in [0.15, 0.2) is 48.5 Å². The van der Waals surface area contributed by atoms with Crippen LogP contribution in [0.25, 0.3) is 6.08 Å². The Morgan fingerprint density at radius 1 is 1.09 bits per heavy atom. The molecule has 174 valence electrons. The molecule has 4 rings (SSSR count). The maximum absolute atomic E-state index is 12.7. The zero-order valence-electron chi connectivity index (χ0n) is 19.2. The summed E-state index contributed by atoms with van der Waals surface area (Å²) in [6, 6.07) is 13.6. The van der Waals surface area contributed by atoms with Crippen molar-refractivity contribution in [1.82, 2.24) is 10.8 Å². The minimum atomic E-state index is -0.367. The lowest BCUT2D eigenvalue weighted by molar-refractivity contribution is -0.198. The average molecular weight is 450 g/mol. The van der Waals surface area contributed by atoms with Gasteiger partial charge >= 0.3 is 0 Å². The first-order valence-electron chi connectivity index (χ1n) is 11.5. The quantitative estimate of drug-likeness (QED) is 0.497. The van der Waals surface area contributed by atoms with E-state index in [9.17, 15) is 9.59 Å². The third-order valence-electron chi connectivity index (χ3n) is 6.05. The van der Waals surface area contributed by atoms with Crippen LogP contribution < -0.4 is 15.7 Å². The Hall–Kier alpha value is -3.16. The highest BCUT2D eigenvalue weighted by atomic mass is 16.8. The van der Waals surface area contributed by atoms with Gasteiger partial charge in [0.1, 0.15) is 0 Å². The highest BCUT2D eigenvalue weighted by Crippen LogP contribution is 2.32. The predicted molar refractivity (Wildman–Crippen MR) is 128 cm³/mol. The molecule has 0 bridgehead atoms. The van der Waals surface area contributed by atoms with Crippen molar-refractivity contribution in [2.24, 2.45) is 0 Å². The topological polar surface area (TPSA) is 79.9 Å². The number of carbonyl (C=O) groups is 2. The number of anilines is 1. The van der Waals surface area contributed by atoms with Crippen LogP contribution in [0.4, 0.5) is 5.69 Å². The summed E-state index contributed by atoms with van der Waals surface area (Å²) in [5.41, 5.74) is 7.40. The van der Waals surface area contributed by atoms with Gasteiger partial charge in [0.25, 0.3) is 11.8 Å². The van der Waals surface area contributed by atoms with Crippen LogP contribution in [0.5, 0.6) is 0 Å². The molecule has 2 aromatic rings. The molecule has 2 N–H and O–H groups in total. The van der Waals surface area contributed by atoms with Crippen LogP contribution in [0.3, 0.4) is 0 Å². The number of hydrogen-bond acceptors (Lipinski definition) is 5. The van der Waals surface area contributed by atoms with Gasteiger partial charge in [-0.15, -0.1) is 0 Å². The van der Waals surface area contributed by atoms with Gasteiger partial charge in [-0.25, -0.2) is 10.3 Å². The lowest BCUT2D eigenvalue weighted by Crippen LogP contribution is -2.32. The lowest BCUT2D eigenvalue weighted by Gasteiger charge is -2.21. The van der Waals surface area contributed by atoms with Crippen molar-refractivity contribution in [3.63, 3.8) is 0 Å². The Labute approximate surface area is 194 Å². The van der Waals surface area contributed by atoms with Crippen molar-refractivity contribution in [2.45, 2.75) is 44.4 Å². The second-order valence-corrected chi connectivity index (χ2v) is 8.68. The summed E-state index contributed by atoms with van der Waals surface area (Å²) in [6.07, 6.45) is 7.45. The number of amides is 2. The number of hydrogen-bond donors (Lipinski definition) is 2. The van der Waals surface area contributed by atoms with Gasteiger partial charge in [0, 0.05) is 44.4 Å². The zero-order valence-corrected chi connectivity index (χ0v) is 19.2. The van der Waals surface area contributed by atoms with Gasteiger partial charge in [-0.1, -0.05) is 18.2 Å². The fourth-order valence-corrected chi connectivity index (χ4v) is 4.18. The monoisotopic (exact) mass is 449 g/mol. The minimum Gasteiger partial charge on any atom is -0.378 e. The van der Waals surface area contributed by atoms with Gasteiger partial charge in [-0.2, -0.15) is 0 Å². The summed E-state index contributed by atoms with van der Waals surface area (Å²) in [4.78, 5) is 32.0. The van der Waals surface area contributed by atoms with Crippen LogP contribution in [-0.4, -0.2) is 38.8 Å². The van der Waals surface area contributed by atoms with E-state index in [1.807, 2.05) is 55.4 Å². The van der Waals surface area contributed by atoms with Crippen LogP contribution in [-0.2, 0) is 20.8 Å². The minimum absolute atomic E-state index is 0.00810. The molecule has 1 saturated heterocycles. The van der Waals surface area contributed by atoms with Crippen molar-refractivity contribution < 1.29 is 19.2 Å². The molecular formula is C26H31N3O4. The van der Waals surface area contributed by atoms with E-state index in [1.165, 1.54) is 11.6 Å². The van der Waals surface area contributed by atoms with E-state index < -0.39 is 0 Å². The molecule has 0 saturated carbocycles. The molecule has 2 aromatic carbocycles. The predicted octanol–water partition coefficient (Wildman–Crippen LogP) is 3.76.